The van der Waals surface area contributed by atoms with Crippen LogP contribution in [0, 0.1) is 0 Å². The summed E-state index contributed by atoms with van der Waals surface area (Å²) in [6.45, 7) is 2.30. The number of aromatic nitrogens is 2. The fourth-order valence-electron chi connectivity index (χ4n) is 3.40. The van der Waals surface area contributed by atoms with Crippen molar-refractivity contribution in [3.05, 3.63) is 84.3 Å². The van der Waals surface area contributed by atoms with Gasteiger partial charge in [-0.25, -0.2) is 4.79 Å². The zero-order valence-corrected chi connectivity index (χ0v) is 17.1. The molecular formula is C20H19ClN4O3S. The predicted molar refractivity (Wildman–Crippen MR) is 114 cm³/mol. The van der Waals surface area contributed by atoms with Gasteiger partial charge >= 0.3 is 5.69 Å². The number of anilines is 1. The molecule has 1 N–H and O–H groups in total. The minimum atomic E-state index is -0.569. The van der Waals surface area contributed by atoms with Gasteiger partial charge in [0.15, 0.2) is 0 Å². The maximum atomic E-state index is 12.9. The van der Waals surface area contributed by atoms with Crippen LogP contribution in [-0.4, -0.2) is 46.5 Å². The van der Waals surface area contributed by atoms with Crippen molar-refractivity contribution in [2.24, 2.45) is 0 Å². The van der Waals surface area contributed by atoms with Crippen LogP contribution in [0.4, 0.5) is 5.69 Å². The van der Waals surface area contributed by atoms with Crippen molar-refractivity contribution in [3.63, 3.8) is 0 Å². The van der Waals surface area contributed by atoms with Crippen molar-refractivity contribution in [1.29, 1.82) is 0 Å². The maximum absolute atomic E-state index is 12.9. The van der Waals surface area contributed by atoms with Crippen LogP contribution in [-0.2, 0) is 6.54 Å². The van der Waals surface area contributed by atoms with Gasteiger partial charge in [-0.15, -0.1) is 11.3 Å². The average Bonchev–Trinajstić information content (AvgIpc) is 3.25. The zero-order chi connectivity index (χ0) is 20.4. The Bertz CT molecular complexity index is 1130. The second kappa shape index (κ2) is 8.26. The molecule has 0 spiro atoms. The number of para-hydroxylation sites is 1. The number of carbonyl (C=O) groups excluding carboxylic acids is 1. The first-order valence-corrected chi connectivity index (χ1v) is 10.4. The van der Waals surface area contributed by atoms with Gasteiger partial charge < -0.3 is 14.8 Å². The number of nitrogens with one attached hydrogen (secondary N) is 1. The highest BCUT2D eigenvalue weighted by Gasteiger charge is 2.26. The van der Waals surface area contributed by atoms with E-state index in [-0.39, 0.29) is 18.0 Å². The number of thiophene rings is 1. The first kappa shape index (κ1) is 19.5. The SMILES string of the molecule is O=C(c1c[nH]c(=O)n(Cc2cccs2)c1=O)N1CCN(c2ccccc2Cl)CC1. The molecule has 150 valence electrons. The van der Waals surface area contributed by atoms with E-state index < -0.39 is 11.2 Å². The van der Waals surface area contributed by atoms with E-state index in [1.165, 1.54) is 17.5 Å². The molecule has 1 aromatic carbocycles. The number of carbonyl (C=O) groups is 1. The summed E-state index contributed by atoms with van der Waals surface area (Å²) in [5.74, 6) is -0.370. The first-order chi connectivity index (χ1) is 14.0. The van der Waals surface area contributed by atoms with Crippen LogP contribution in [0.25, 0.3) is 0 Å². The van der Waals surface area contributed by atoms with Crippen LogP contribution in [0.1, 0.15) is 15.2 Å². The van der Waals surface area contributed by atoms with Gasteiger partial charge in [-0.3, -0.25) is 14.2 Å². The first-order valence-electron chi connectivity index (χ1n) is 9.18. The number of aromatic amines is 1. The molecule has 0 unspecified atom stereocenters. The van der Waals surface area contributed by atoms with Crippen LogP contribution >= 0.6 is 22.9 Å². The highest BCUT2D eigenvalue weighted by atomic mass is 35.5. The summed E-state index contributed by atoms with van der Waals surface area (Å²) in [5, 5.41) is 2.55. The molecule has 0 bridgehead atoms. The number of hydrogen-bond acceptors (Lipinski definition) is 5. The molecule has 2 aromatic heterocycles. The Morgan fingerprint density at radius 1 is 1.07 bits per heavy atom. The van der Waals surface area contributed by atoms with Gasteiger partial charge in [-0.1, -0.05) is 29.8 Å². The Balaban J connectivity index is 1.51. The molecule has 1 amide bonds. The Morgan fingerprint density at radius 2 is 1.83 bits per heavy atom. The second-order valence-electron chi connectivity index (χ2n) is 6.71. The van der Waals surface area contributed by atoms with Crippen molar-refractivity contribution in [1.82, 2.24) is 14.5 Å². The van der Waals surface area contributed by atoms with E-state index in [2.05, 4.69) is 9.88 Å². The van der Waals surface area contributed by atoms with E-state index in [0.717, 1.165) is 15.1 Å². The average molecular weight is 431 g/mol. The number of piperazine rings is 1. The lowest BCUT2D eigenvalue weighted by atomic mass is 10.2. The van der Waals surface area contributed by atoms with Gasteiger partial charge in [-0.05, 0) is 23.6 Å². The number of amides is 1. The molecule has 3 aromatic rings. The number of benzene rings is 1. The summed E-state index contributed by atoms with van der Waals surface area (Å²) in [5.41, 5.74) is -0.180. The lowest BCUT2D eigenvalue weighted by Crippen LogP contribution is -2.50. The summed E-state index contributed by atoms with van der Waals surface area (Å²) in [7, 11) is 0. The van der Waals surface area contributed by atoms with E-state index in [4.69, 9.17) is 11.6 Å². The van der Waals surface area contributed by atoms with Gasteiger partial charge in [0.2, 0.25) is 0 Å². The summed E-state index contributed by atoms with van der Waals surface area (Å²) in [6.07, 6.45) is 1.22. The van der Waals surface area contributed by atoms with Crippen molar-refractivity contribution < 1.29 is 4.79 Å². The molecule has 1 aliphatic rings. The molecule has 29 heavy (non-hydrogen) atoms. The molecule has 9 heteroatoms. The highest BCUT2D eigenvalue weighted by Crippen LogP contribution is 2.26. The minimum Gasteiger partial charge on any atom is -0.367 e. The van der Waals surface area contributed by atoms with Crippen LogP contribution in [0.15, 0.2) is 57.6 Å². The molecule has 7 nitrogen and oxygen atoms in total. The van der Waals surface area contributed by atoms with Crippen molar-refractivity contribution in [2.45, 2.75) is 6.54 Å². The van der Waals surface area contributed by atoms with Crippen LogP contribution in [0.3, 0.4) is 0 Å². The van der Waals surface area contributed by atoms with Crippen molar-refractivity contribution in [2.75, 3.05) is 31.1 Å². The zero-order valence-electron chi connectivity index (χ0n) is 15.5. The van der Waals surface area contributed by atoms with Gasteiger partial charge in [0.25, 0.3) is 11.5 Å². The Kier molecular flexibility index (Phi) is 5.55. The van der Waals surface area contributed by atoms with Crippen LogP contribution < -0.4 is 16.1 Å². The third-order valence-corrected chi connectivity index (χ3v) is 6.13. The van der Waals surface area contributed by atoms with Crippen LogP contribution in [0.5, 0.6) is 0 Å². The third-order valence-electron chi connectivity index (χ3n) is 4.95. The second-order valence-corrected chi connectivity index (χ2v) is 8.15. The van der Waals surface area contributed by atoms with Crippen LogP contribution in [0.2, 0.25) is 5.02 Å². The fraction of sp³-hybridized carbons (Fsp3) is 0.250. The Labute approximate surface area is 175 Å². The number of H-pyrrole nitrogens is 1. The summed E-state index contributed by atoms with van der Waals surface area (Å²) < 4.78 is 1.07. The molecule has 4 rings (SSSR count). The monoisotopic (exact) mass is 430 g/mol. The van der Waals surface area contributed by atoms with E-state index in [9.17, 15) is 14.4 Å². The fourth-order valence-corrected chi connectivity index (χ4v) is 4.34. The van der Waals surface area contributed by atoms with E-state index in [1.54, 1.807) is 4.90 Å². The van der Waals surface area contributed by atoms with Crippen molar-refractivity contribution >= 4 is 34.5 Å². The summed E-state index contributed by atoms with van der Waals surface area (Å²) in [6, 6.07) is 11.3. The molecule has 0 atom stereocenters. The maximum Gasteiger partial charge on any atom is 0.328 e. The largest absolute Gasteiger partial charge is 0.367 e. The molecule has 1 fully saturated rings. The number of nitrogens with zero attached hydrogens (tertiary/aromatic N) is 3. The highest BCUT2D eigenvalue weighted by molar-refractivity contribution is 7.09. The molecule has 0 aliphatic carbocycles. The molecule has 1 saturated heterocycles. The molecule has 1 aliphatic heterocycles. The summed E-state index contributed by atoms with van der Waals surface area (Å²) in [4.78, 5) is 45.0. The lowest BCUT2D eigenvalue weighted by molar-refractivity contribution is 0.0743. The Morgan fingerprint density at radius 3 is 2.52 bits per heavy atom. The quantitative estimate of drug-likeness (QED) is 0.688. The topological polar surface area (TPSA) is 78.4 Å². The normalized spacial score (nSPS) is 14.2. The molecular weight excluding hydrogens is 412 g/mol. The summed E-state index contributed by atoms with van der Waals surface area (Å²) >= 11 is 7.72. The standard InChI is InChI=1S/C20H19ClN4O3S/c21-16-5-1-2-6-17(16)23-7-9-24(10-8-23)18(26)15-12-22-20(28)25(19(15)27)13-14-4-3-11-29-14/h1-6,11-12H,7-10,13H2,(H,22,28). The number of hydrogen-bond donors (Lipinski definition) is 1. The molecule has 0 radical (unpaired) electrons. The number of halogens is 1. The van der Waals surface area contributed by atoms with Gasteiger partial charge in [0, 0.05) is 37.3 Å². The van der Waals surface area contributed by atoms with Gasteiger partial charge in [0.05, 0.1) is 17.3 Å². The van der Waals surface area contributed by atoms with Crippen molar-refractivity contribution in [3.8, 4) is 0 Å². The third kappa shape index (κ3) is 3.99. The molecule has 3 heterocycles. The smallest absolute Gasteiger partial charge is 0.328 e. The van der Waals surface area contributed by atoms with Gasteiger partial charge in [-0.2, -0.15) is 0 Å². The van der Waals surface area contributed by atoms with Gasteiger partial charge in [0.1, 0.15) is 5.56 Å². The predicted octanol–water partition coefficient (Wildman–Crippen LogP) is 2.26. The van der Waals surface area contributed by atoms with E-state index in [1.807, 2.05) is 41.8 Å². The van der Waals surface area contributed by atoms with E-state index in [0.29, 0.717) is 31.2 Å². The van der Waals surface area contributed by atoms with E-state index >= 15 is 0 Å². The number of rotatable bonds is 4. The minimum absolute atomic E-state index is 0.0210. The molecule has 0 saturated carbocycles. The lowest BCUT2D eigenvalue weighted by Gasteiger charge is -2.36. The Hall–Kier alpha value is -2.84.